The smallest absolute Gasteiger partial charge is 0.292 e. The number of hydrogen-bond donors (Lipinski definition) is 1. The summed E-state index contributed by atoms with van der Waals surface area (Å²) >= 11 is 1.18. The molecule has 1 aromatic heterocycles. The van der Waals surface area contributed by atoms with Crippen molar-refractivity contribution in [3.63, 3.8) is 0 Å². The van der Waals surface area contributed by atoms with E-state index in [4.69, 9.17) is 14.6 Å². The number of amides is 1. The van der Waals surface area contributed by atoms with Gasteiger partial charge >= 0.3 is 0 Å². The molecular formula is C19H17N3O5S2. The molecule has 2 aromatic carbocycles. The zero-order valence-electron chi connectivity index (χ0n) is 15.1. The van der Waals surface area contributed by atoms with E-state index in [0.29, 0.717) is 27.5 Å². The van der Waals surface area contributed by atoms with Gasteiger partial charge in [0.2, 0.25) is 16.1 Å². The van der Waals surface area contributed by atoms with Gasteiger partial charge in [-0.2, -0.15) is 4.99 Å². The zero-order valence-corrected chi connectivity index (χ0v) is 16.8. The Balaban J connectivity index is 1.74. The van der Waals surface area contributed by atoms with Crippen molar-refractivity contribution in [1.29, 1.82) is 0 Å². The van der Waals surface area contributed by atoms with Crippen LogP contribution in [0.25, 0.3) is 10.2 Å². The van der Waals surface area contributed by atoms with Gasteiger partial charge in [0.1, 0.15) is 6.61 Å². The highest BCUT2D eigenvalue weighted by molar-refractivity contribution is 7.89. The fraction of sp³-hybridized carbons (Fsp3) is 0.158. The minimum atomic E-state index is -3.84. The minimum absolute atomic E-state index is 0.00417. The lowest BCUT2D eigenvalue weighted by atomic mass is 10.2. The number of para-hydroxylation sites is 2. The molecule has 0 fully saturated rings. The number of primary sulfonamides is 1. The van der Waals surface area contributed by atoms with Crippen LogP contribution in [0.2, 0.25) is 0 Å². The molecule has 0 radical (unpaired) electrons. The van der Waals surface area contributed by atoms with Gasteiger partial charge in [0.25, 0.3) is 5.91 Å². The molecule has 0 aliphatic carbocycles. The largest absolute Gasteiger partial charge is 0.485 e. The predicted octanol–water partition coefficient (Wildman–Crippen LogP) is 1.80. The number of nitrogens with zero attached hydrogens (tertiary/aromatic N) is 2. The maximum absolute atomic E-state index is 12.7. The van der Waals surface area contributed by atoms with E-state index in [1.807, 2.05) is 6.07 Å². The second-order valence-corrected chi connectivity index (χ2v) is 8.84. The molecule has 1 aliphatic rings. The highest BCUT2D eigenvalue weighted by Gasteiger charge is 2.27. The van der Waals surface area contributed by atoms with Crippen LogP contribution in [-0.4, -0.2) is 31.6 Å². The number of ether oxygens (including phenoxy) is 2. The van der Waals surface area contributed by atoms with Gasteiger partial charge in [0.15, 0.2) is 16.3 Å². The number of allylic oxidation sites excluding steroid dienone is 1. The molecule has 8 nitrogen and oxygen atoms in total. The van der Waals surface area contributed by atoms with Crippen molar-refractivity contribution < 1.29 is 22.7 Å². The number of fused-ring (bicyclic) bond motifs is 2. The van der Waals surface area contributed by atoms with E-state index in [-0.39, 0.29) is 11.5 Å². The van der Waals surface area contributed by atoms with Crippen LogP contribution in [0.1, 0.15) is 0 Å². The molecule has 29 heavy (non-hydrogen) atoms. The number of nitrogens with two attached hydrogens (primary N) is 1. The monoisotopic (exact) mass is 431 g/mol. The number of carbonyl (C=O) groups excluding carboxylic acids is 1. The van der Waals surface area contributed by atoms with Gasteiger partial charge in [-0.25, -0.2) is 13.6 Å². The highest BCUT2D eigenvalue weighted by atomic mass is 32.2. The number of thiazole rings is 1. The summed E-state index contributed by atoms with van der Waals surface area (Å²) in [6.45, 7) is 4.18. The van der Waals surface area contributed by atoms with E-state index < -0.39 is 22.0 Å². The Morgan fingerprint density at radius 3 is 2.79 bits per heavy atom. The third-order valence-corrected chi connectivity index (χ3v) is 6.24. The van der Waals surface area contributed by atoms with E-state index in [1.165, 1.54) is 23.5 Å². The molecule has 4 rings (SSSR count). The maximum atomic E-state index is 12.7. The van der Waals surface area contributed by atoms with Crippen molar-refractivity contribution in [3.8, 4) is 11.5 Å². The van der Waals surface area contributed by atoms with Crippen LogP contribution in [-0.2, 0) is 21.4 Å². The first-order valence-corrected chi connectivity index (χ1v) is 11.0. The normalized spacial score (nSPS) is 16.7. The standard InChI is InChI=1S/C19H17N3O5S2/c1-2-9-22-13-8-7-12(29(20,24)25)10-17(13)28-19(22)21-18(23)16-11-26-14-5-3-4-6-15(14)27-16/h2-8,10,16H,1,9,11H2,(H2,20,24,25)/t16-/m1/s1. The summed E-state index contributed by atoms with van der Waals surface area (Å²) in [6, 6.07) is 11.6. The lowest BCUT2D eigenvalue weighted by Gasteiger charge is -2.23. The van der Waals surface area contributed by atoms with Gasteiger partial charge < -0.3 is 14.0 Å². The Morgan fingerprint density at radius 1 is 1.31 bits per heavy atom. The highest BCUT2D eigenvalue weighted by Crippen LogP contribution is 2.31. The SMILES string of the molecule is C=CCn1c(=NC(=O)[C@H]2COc3ccccc3O2)sc2cc(S(N)(=O)=O)ccc21. The molecule has 1 atom stereocenters. The Bertz CT molecular complexity index is 1290. The number of carbonyl (C=O) groups is 1. The topological polar surface area (TPSA) is 113 Å². The molecule has 0 spiro atoms. The molecule has 150 valence electrons. The number of sulfonamides is 1. The second kappa shape index (κ2) is 7.47. The van der Waals surface area contributed by atoms with Crippen molar-refractivity contribution >= 4 is 37.5 Å². The van der Waals surface area contributed by atoms with Gasteiger partial charge in [0, 0.05) is 6.54 Å². The molecule has 3 aromatic rings. The fourth-order valence-electron chi connectivity index (χ4n) is 2.93. The van der Waals surface area contributed by atoms with E-state index in [1.54, 1.807) is 34.9 Å². The average molecular weight is 431 g/mol. The summed E-state index contributed by atoms with van der Waals surface area (Å²) in [6.07, 6.45) is 0.798. The van der Waals surface area contributed by atoms with Gasteiger partial charge in [0.05, 0.1) is 15.1 Å². The minimum Gasteiger partial charge on any atom is -0.485 e. The summed E-state index contributed by atoms with van der Waals surface area (Å²) in [7, 11) is -3.84. The first-order valence-electron chi connectivity index (χ1n) is 8.61. The first kappa shape index (κ1) is 19.4. The second-order valence-electron chi connectivity index (χ2n) is 6.27. The van der Waals surface area contributed by atoms with Crippen molar-refractivity contribution in [2.45, 2.75) is 17.5 Å². The molecule has 2 N–H and O–H groups in total. The summed E-state index contributed by atoms with van der Waals surface area (Å²) < 4.78 is 37.0. The van der Waals surface area contributed by atoms with Crippen molar-refractivity contribution in [2.75, 3.05) is 6.61 Å². The molecule has 1 amide bonds. The number of rotatable bonds is 4. The van der Waals surface area contributed by atoms with Crippen LogP contribution in [0.4, 0.5) is 0 Å². The fourth-order valence-corrected chi connectivity index (χ4v) is 4.63. The summed E-state index contributed by atoms with van der Waals surface area (Å²) in [4.78, 5) is 17.3. The van der Waals surface area contributed by atoms with Crippen LogP contribution >= 0.6 is 11.3 Å². The van der Waals surface area contributed by atoms with Gasteiger partial charge in [-0.1, -0.05) is 29.5 Å². The van der Waals surface area contributed by atoms with Crippen molar-refractivity contribution in [3.05, 3.63) is 59.9 Å². The molecule has 2 heterocycles. The Hall–Kier alpha value is -2.95. The number of hydrogen-bond acceptors (Lipinski definition) is 6. The summed E-state index contributed by atoms with van der Waals surface area (Å²) in [5, 5.41) is 5.21. The Labute approximate surface area is 170 Å². The van der Waals surface area contributed by atoms with Gasteiger partial charge in [-0.3, -0.25) is 4.79 Å². The Kier molecular flexibility index (Phi) is 4.99. The van der Waals surface area contributed by atoms with Crippen LogP contribution in [0.5, 0.6) is 11.5 Å². The van der Waals surface area contributed by atoms with Crippen molar-refractivity contribution in [2.24, 2.45) is 10.1 Å². The van der Waals surface area contributed by atoms with Crippen LogP contribution in [0.3, 0.4) is 0 Å². The average Bonchev–Trinajstić information content (AvgIpc) is 3.03. The predicted molar refractivity (Wildman–Crippen MR) is 108 cm³/mol. The van der Waals surface area contributed by atoms with Crippen LogP contribution < -0.4 is 19.4 Å². The molecule has 0 bridgehead atoms. The van der Waals surface area contributed by atoms with Gasteiger partial charge in [-0.05, 0) is 30.3 Å². The molecular weight excluding hydrogens is 414 g/mol. The molecule has 10 heteroatoms. The Morgan fingerprint density at radius 2 is 2.07 bits per heavy atom. The van der Waals surface area contributed by atoms with E-state index >= 15 is 0 Å². The molecule has 0 saturated carbocycles. The molecule has 1 aliphatic heterocycles. The van der Waals surface area contributed by atoms with Crippen molar-refractivity contribution in [1.82, 2.24) is 4.57 Å². The lowest BCUT2D eigenvalue weighted by Crippen LogP contribution is -2.36. The van der Waals surface area contributed by atoms with E-state index in [9.17, 15) is 13.2 Å². The number of benzene rings is 2. The third-order valence-electron chi connectivity index (χ3n) is 4.28. The van der Waals surface area contributed by atoms with E-state index in [2.05, 4.69) is 11.6 Å². The van der Waals surface area contributed by atoms with E-state index in [0.717, 1.165) is 5.52 Å². The lowest BCUT2D eigenvalue weighted by molar-refractivity contribution is -0.127. The van der Waals surface area contributed by atoms with Crippen LogP contribution in [0.15, 0.2) is 65.0 Å². The quantitative estimate of drug-likeness (QED) is 0.633. The molecule has 0 saturated heterocycles. The number of aromatic nitrogens is 1. The first-order chi connectivity index (χ1) is 13.9. The maximum Gasteiger partial charge on any atom is 0.292 e. The zero-order chi connectivity index (χ0) is 20.6. The summed E-state index contributed by atoms with van der Waals surface area (Å²) in [5.41, 5.74) is 0.722. The summed E-state index contributed by atoms with van der Waals surface area (Å²) in [5.74, 6) is 0.576. The van der Waals surface area contributed by atoms with Gasteiger partial charge in [-0.15, -0.1) is 6.58 Å². The third kappa shape index (κ3) is 3.82. The molecule has 0 unspecified atom stereocenters. The van der Waals surface area contributed by atoms with Crippen LogP contribution in [0, 0.1) is 0 Å².